The van der Waals surface area contributed by atoms with Gasteiger partial charge in [-0.3, -0.25) is 0 Å². The van der Waals surface area contributed by atoms with E-state index in [0.29, 0.717) is 28.6 Å². The van der Waals surface area contributed by atoms with E-state index in [-0.39, 0.29) is 49.3 Å². The number of thiazole rings is 1. The maximum absolute atomic E-state index is 13.7. The van der Waals surface area contributed by atoms with E-state index in [2.05, 4.69) is 0 Å². The van der Waals surface area contributed by atoms with Crippen molar-refractivity contribution in [1.82, 2.24) is 4.98 Å². The van der Waals surface area contributed by atoms with Crippen molar-refractivity contribution in [2.24, 2.45) is 0 Å². The lowest BCUT2D eigenvalue weighted by molar-refractivity contribution is -0.140. The van der Waals surface area contributed by atoms with E-state index in [0.717, 1.165) is 4.70 Å². The fourth-order valence-electron chi connectivity index (χ4n) is 4.51. The summed E-state index contributed by atoms with van der Waals surface area (Å²) in [6, 6.07) is 14.9. The molecule has 40 heavy (non-hydrogen) atoms. The summed E-state index contributed by atoms with van der Waals surface area (Å²) in [6.07, 6.45) is 0. The van der Waals surface area contributed by atoms with E-state index in [4.69, 9.17) is 28.7 Å². The molecule has 0 unspecified atom stereocenters. The van der Waals surface area contributed by atoms with Gasteiger partial charge in [-0.25, -0.2) is 19.5 Å². The Hall–Kier alpha value is -4.05. The average molecular weight is 567 g/mol. The highest BCUT2D eigenvalue weighted by molar-refractivity contribution is 7.22. The van der Waals surface area contributed by atoms with Gasteiger partial charge in [-0.1, -0.05) is 41.7 Å². The predicted octanol–water partition coefficient (Wildman–Crippen LogP) is 5.92. The third-order valence-electron chi connectivity index (χ3n) is 5.98. The highest BCUT2D eigenvalue weighted by Crippen LogP contribution is 2.47. The molecule has 0 bridgehead atoms. The third-order valence-corrected chi connectivity index (χ3v) is 7.00. The summed E-state index contributed by atoms with van der Waals surface area (Å²) in [5.74, 6) is -1.01. The molecule has 2 aromatic carbocycles. The molecule has 0 saturated carbocycles. The molecule has 3 aromatic rings. The zero-order valence-corrected chi connectivity index (χ0v) is 24.2. The molecule has 0 N–H and O–H groups in total. The Labute approximate surface area is 237 Å². The molecule has 1 aromatic heterocycles. The minimum Gasteiger partial charge on any atom is -0.494 e. The van der Waals surface area contributed by atoms with Crippen LogP contribution in [0.1, 0.15) is 46.1 Å². The average Bonchev–Trinajstić information content (AvgIpc) is 3.37. The Morgan fingerprint density at radius 1 is 0.775 bits per heavy atom. The van der Waals surface area contributed by atoms with Gasteiger partial charge in [0.15, 0.2) is 5.13 Å². The van der Waals surface area contributed by atoms with Gasteiger partial charge in [-0.05, 0) is 52.3 Å². The largest absolute Gasteiger partial charge is 0.494 e. The topological polar surface area (TPSA) is 96.4 Å². The first-order chi connectivity index (χ1) is 19.5. The lowest BCUT2D eigenvalue weighted by atomic mass is 9.82. The quantitative estimate of drug-likeness (QED) is 0.248. The van der Waals surface area contributed by atoms with E-state index in [9.17, 15) is 9.59 Å². The van der Waals surface area contributed by atoms with Crippen molar-refractivity contribution in [2.45, 2.75) is 40.5 Å². The van der Waals surface area contributed by atoms with Crippen molar-refractivity contribution in [3.8, 4) is 5.75 Å². The number of carbonyl (C=O) groups is 2. The Kier molecular flexibility index (Phi) is 9.65. The SMILES string of the molecule is CCOC(=O)C1=C(OCC)N(c2nc3cc(OCC)ccc3s2)C(OCC)=C(C(=O)OCC)C1c1ccccc1. The van der Waals surface area contributed by atoms with Crippen LogP contribution in [0.5, 0.6) is 5.75 Å². The van der Waals surface area contributed by atoms with E-state index in [1.165, 1.54) is 11.3 Å². The zero-order chi connectivity index (χ0) is 28.6. The summed E-state index contributed by atoms with van der Waals surface area (Å²) in [7, 11) is 0. The number of nitrogens with zero attached hydrogens (tertiary/aromatic N) is 2. The van der Waals surface area contributed by atoms with Crippen LogP contribution >= 0.6 is 11.3 Å². The Bertz CT molecular complexity index is 1370. The van der Waals surface area contributed by atoms with Gasteiger partial charge in [0.25, 0.3) is 0 Å². The van der Waals surface area contributed by atoms with Crippen molar-refractivity contribution in [1.29, 1.82) is 0 Å². The minimum atomic E-state index is -0.863. The predicted molar refractivity (Wildman–Crippen MR) is 153 cm³/mol. The summed E-state index contributed by atoms with van der Waals surface area (Å²) in [6.45, 7) is 10.3. The molecule has 1 aliphatic heterocycles. The molecule has 0 radical (unpaired) electrons. The minimum absolute atomic E-state index is 0.140. The highest BCUT2D eigenvalue weighted by Gasteiger charge is 2.46. The van der Waals surface area contributed by atoms with Crippen molar-refractivity contribution >= 4 is 38.6 Å². The van der Waals surface area contributed by atoms with Crippen LogP contribution in [0.3, 0.4) is 0 Å². The Morgan fingerprint density at radius 3 is 1.88 bits per heavy atom. The van der Waals surface area contributed by atoms with Gasteiger partial charge in [0.2, 0.25) is 11.8 Å². The smallest absolute Gasteiger partial charge is 0.340 e. The number of carbonyl (C=O) groups excluding carboxylic acids is 2. The van der Waals surface area contributed by atoms with Crippen LogP contribution in [0, 0.1) is 0 Å². The molecular formula is C30H34N2O7S. The van der Waals surface area contributed by atoms with Crippen molar-refractivity contribution in [3.05, 3.63) is 77.0 Å². The summed E-state index contributed by atoms with van der Waals surface area (Å²) in [4.78, 5) is 33.8. The van der Waals surface area contributed by atoms with Crippen molar-refractivity contribution in [2.75, 3.05) is 37.9 Å². The summed E-state index contributed by atoms with van der Waals surface area (Å²) in [5, 5.41) is 0.450. The summed E-state index contributed by atoms with van der Waals surface area (Å²) < 4.78 is 30.0. The van der Waals surface area contributed by atoms with Gasteiger partial charge < -0.3 is 23.7 Å². The van der Waals surface area contributed by atoms with Crippen LogP contribution in [-0.4, -0.2) is 50.0 Å². The molecule has 0 fully saturated rings. The zero-order valence-electron chi connectivity index (χ0n) is 23.4. The van der Waals surface area contributed by atoms with Gasteiger partial charge in [0.05, 0.1) is 49.2 Å². The fourth-order valence-corrected chi connectivity index (χ4v) is 5.45. The van der Waals surface area contributed by atoms with E-state index in [1.54, 1.807) is 18.7 Å². The van der Waals surface area contributed by atoms with Crippen LogP contribution in [0.15, 0.2) is 71.4 Å². The van der Waals surface area contributed by atoms with Crippen molar-refractivity contribution in [3.63, 3.8) is 0 Å². The maximum atomic E-state index is 13.7. The third kappa shape index (κ3) is 5.77. The second kappa shape index (κ2) is 13.3. The second-order valence-electron chi connectivity index (χ2n) is 8.48. The fraction of sp³-hybridized carbons (Fsp3) is 0.367. The Balaban J connectivity index is 2.06. The number of benzene rings is 2. The van der Waals surface area contributed by atoms with Crippen molar-refractivity contribution < 1.29 is 33.3 Å². The number of hydrogen-bond acceptors (Lipinski definition) is 10. The molecule has 0 amide bonds. The number of hydrogen-bond donors (Lipinski definition) is 0. The molecule has 212 valence electrons. The molecule has 4 rings (SSSR count). The lowest BCUT2D eigenvalue weighted by Gasteiger charge is -2.36. The molecule has 0 aliphatic carbocycles. The molecule has 0 spiro atoms. The standard InChI is InChI=1S/C30H34N2O7S/c1-6-35-20-16-17-22-21(18-20)31-30(40-22)32-26(36-7-2)24(28(33)38-9-4)23(19-14-12-11-13-15-19)25(27(32)37-8-3)29(34)39-10-5/h11-18,23H,6-10H2,1-5H3. The van der Waals surface area contributed by atoms with Gasteiger partial charge in [-0.2, -0.15) is 0 Å². The number of rotatable bonds is 12. The monoisotopic (exact) mass is 566 g/mol. The number of anilines is 1. The van der Waals surface area contributed by atoms with Crippen LogP contribution in [-0.2, 0) is 28.5 Å². The van der Waals surface area contributed by atoms with Crippen LogP contribution in [0.4, 0.5) is 5.13 Å². The number of fused-ring (bicyclic) bond motifs is 1. The first-order valence-corrected chi connectivity index (χ1v) is 14.3. The summed E-state index contributed by atoms with van der Waals surface area (Å²) in [5.41, 5.74) is 1.71. The Morgan fingerprint density at radius 2 is 1.35 bits per heavy atom. The molecular weight excluding hydrogens is 532 g/mol. The normalized spacial score (nSPS) is 14.0. The number of esters is 2. The molecule has 9 nitrogen and oxygen atoms in total. The molecule has 1 aliphatic rings. The number of aromatic nitrogens is 1. The van der Waals surface area contributed by atoms with E-state index < -0.39 is 17.9 Å². The first-order valence-electron chi connectivity index (χ1n) is 13.4. The maximum Gasteiger partial charge on any atom is 0.340 e. The van der Waals surface area contributed by atoms with Gasteiger partial charge in [-0.15, -0.1) is 0 Å². The lowest BCUT2D eigenvalue weighted by Crippen LogP contribution is -2.39. The van der Waals surface area contributed by atoms with Gasteiger partial charge in [0, 0.05) is 6.07 Å². The van der Waals surface area contributed by atoms with E-state index >= 15 is 0 Å². The first kappa shape index (κ1) is 28.9. The van der Waals surface area contributed by atoms with Crippen LogP contribution in [0.2, 0.25) is 0 Å². The highest BCUT2D eigenvalue weighted by atomic mass is 32.1. The molecule has 2 heterocycles. The number of ether oxygens (including phenoxy) is 5. The summed E-state index contributed by atoms with van der Waals surface area (Å²) >= 11 is 1.37. The molecule has 0 atom stereocenters. The van der Waals surface area contributed by atoms with Gasteiger partial charge >= 0.3 is 11.9 Å². The molecule has 0 saturated heterocycles. The van der Waals surface area contributed by atoms with E-state index in [1.807, 2.05) is 69.3 Å². The second-order valence-corrected chi connectivity index (χ2v) is 9.49. The van der Waals surface area contributed by atoms with Crippen LogP contribution < -0.4 is 9.64 Å². The molecule has 10 heteroatoms. The van der Waals surface area contributed by atoms with Gasteiger partial charge in [0.1, 0.15) is 16.9 Å². The van der Waals surface area contributed by atoms with Crippen LogP contribution in [0.25, 0.3) is 10.2 Å².